The van der Waals surface area contributed by atoms with Crippen LogP contribution >= 0.6 is 0 Å². The normalized spacial score (nSPS) is 13.1. The summed E-state index contributed by atoms with van der Waals surface area (Å²) in [6.45, 7) is 2.04. The Morgan fingerprint density at radius 1 is 1.13 bits per heavy atom. The van der Waals surface area contributed by atoms with Gasteiger partial charge in [-0.05, 0) is 12.5 Å². The first-order valence-electron chi connectivity index (χ1n) is 4.81. The average molecular weight is 210 g/mol. The minimum atomic E-state index is -0.391. The predicted octanol–water partition coefficient (Wildman–Crippen LogP) is 1.12. The van der Waals surface area contributed by atoms with Crippen LogP contribution in [0.1, 0.15) is 17.2 Å². The van der Waals surface area contributed by atoms with Gasteiger partial charge in [-0.3, -0.25) is 5.84 Å². The summed E-state index contributed by atoms with van der Waals surface area (Å²) in [6.07, 6.45) is -0.391. The second kappa shape index (κ2) is 5.82. The molecule has 3 N–H and O–H groups in total. The molecule has 1 rings (SSSR count). The third-order valence-corrected chi connectivity index (χ3v) is 2.35. The zero-order valence-electron chi connectivity index (χ0n) is 9.36. The van der Waals surface area contributed by atoms with Crippen molar-refractivity contribution in [2.24, 2.45) is 5.84 Å². The summed E-state index contributed by atoms with van der Waals surface area (Å²) in [5.41, 5.74) is 4.94. The summed E-state index contributed by atoms with van der Waals surface area (Å²) in [7, 11) is 3.18. The number of hydrogen-bond acceptors (Lipinski definition) is 4. The Labute approximate surface area is 90.3 Å². The van der Waals surface area contributed by atoms with Crippen LogP contribution in [-0.2, 0) is 9.47 Å². The second-order valence-corrected chi connectivity index (χ2v) is 3.39. The van der Waals surface area contributed by atoms with E-state index < -0.39 is 6.29 Å². The molecule has 4 heteroatoms. The molecule has 0 saturated heterocycles. The van der Waals surface area contributed by atoms with Crippen LogP contribution in [-0.4, -0.2) is 20.5 Å². The fraction of sp³-hybridized carbons (Fsp3) is 0.455. The number of ether oxygens (including phenoxy) is 2. The summed E-state index contributed by atoms with van der Waals surface area (Å²) >= 11 is 0. The number of nitrogens with two attached hydrogens (primary N) is 1. The molecule has 0 aliphatic rings. The van der Waals surface area contributed by atoms with Crippen molar-refractivity contribution in [3.05, 3.63) is 35.4 Å². The number of benzene rings is 1. The maximum Gasteiger partial charge on any atom is 0.177 e. The largest absolute Gasteiger partial charge is 0.354 e. The number of rotatable bonds is 5. The van der Waals surface area contributed by atoms with Gasteiger partial charge in [0.15, 0.2) is 6.29 Å². The van der Waals surface area contributed by atoms with E-state index in [9.17, 15) is 0 Å². The molecule has 1 aromatic rings. The summed E-state index contributed by atoms with van der Waals surface area (Å²) in [5.74, 6) is 5.48. The fourth-order valence-corrected chi connectivity index (χ4v) is 1.47. The maximum absolute atomic E-state index is 5.48. The summed E-state index contributed by atoms with van der Waals surface area (Å²) < 4.78 is 10.3. The van der Waals surface area contributed by atoms with Gasteiger partial charge in [-0.2, -0.15) is 0 Å². The standard InChI is InChI=1S/C11H18N2O2/c1-8-4-6-9(7-5-8)10(13-12)11(14-2)15-3/h4-7,10-11,13H,12H2,1-3H3. The molecule has 84 valence electrons. The Morgan fingerprint density at radius 2 is 1.67 bits per heavy atom. The monoisotopic (exact) mass is 210 g/mol. The van der Waals surface area contributed by atoms with E-state index in [1.807, 2.05) is 31.2 Å². The Balaban J connectivity index is 2.86. The number of hydrazine groups is 1. The molecule has 1 unspecified atom stereocenters. The molecule has 1 aromatic carbocycles. The maximum atomic E-state index is 5.48. The van der Waals surface area contributed by atoms with Gasteiger partial charge in [0, 0.05) is 14.2 Å². The smallest absolute Gasteiger partial charge is 0.177 e. The van der Waals surface area contributed by atoms with Crippen molar-refractivity contribution in [3.8, 4) is 0 Å². The molecule has 0 spiro atoms. The van der Waals surface area contributed by atoms with Crippen molar-refractivity contribution in [3.63, 3.8) is 0 Å². The molecular weight excluding hydrogens is 192 g/mol. The minimum Gasteiger partial charge on any atom is -0.354 e. The van der Waals surface area contributed by atoms with E-state index in [2.05, 4.69) is 5.43 Å². The van der Waals surface area contributed by atoms with E-state index >= 15 is 0 Å². The van der Waals surface area contributed by atoms with E-state index in [1.165, 1.54) is 5.56 Å². The first-order valence-corrected chi connectivity index (χ1v) is 4.81. The summed E-state index contributed by atoms with van der Waals surface area (Å²) in [6, 6.07) is 7.90. The number of nitrogens with one attached hydrogen (secondary N) is 1. The highest BCUT2D eigenvalue weighted by atomic mass is 16.7. The Bertz CT molecular complexity index is 283. The van der Waals surface area contributed by atoms with Crippen LogP contribution in [0.3, 0.4) is 0 Å². The second-order valence-electron chi connectivity index (χ2n) is 3.39. The highest BCUT2D eigenvalue weighted by Gasteiger charge is 2.21. The quantitative estimate of drug-likeness (QED) is 0.434. The van der Waals surface area contributed by atoms with E-state index in [0.717, 1.165) is 5.56 Å². The van der Waals surface area contributed by atoms with Gasteiger partial charge in [0.25, 0.3) is 0 Å². The van der Waals surface area contributed by atoms with Crippen molar-refractivity contribution < 1.29 is 9.47 Å². The zero-order chi connectivity index (χ0) is 11.3. The molecule has 1 atom stereocenters. The van der Waals surface area contributed by atoms with Gasteiger partial charge in [0.1, 0.15) is 0 Å². The minimum absolute atomic E-state index is 0.166. The zero-order valence-corrected chi connectivity index (χ0v) is 9.36. The van der Waals surface area contributed by atoms with Crippen molar-refractivity contribution in [2.75, 3.05) is 14.2 Å². The Kier molecular flexibility index (Phi) is 4.71. The van der Waals surface area contributed by atoms with Gasteiger partial charge in [0.2, 0.25) is 0 Å². The fourth-order valence-electron chi connectivity index (χ4n) is 1.47. The lowest BCUT2D eigenvalue weighted by molar-refractivity contribution is -0.124. The topological polar surface area (TPSA) is 56.5 Å². The van der Waals surface area contributed by atoms with Crippen LogP contribution in [0.25, 0.3) is 0 Å². The molecule has 0 heterocycles. The third-order valence-electron chi connectivity index (χ3n) is 2.35. The summed E-state index contributed by atoms with van der Waals surface area (Å²) in [4.78, 5) is 0. The first-order chi connectivity index (χ1) is 7.22. The van der Waals surface area contributed by atoms with Crippen LogP contribution in [0.2, 0.25) is 0 Å². The lowest BCUT2D eigenvalue weighted by atomic mass is 10.1. The third kappa shape index (κ3) is 3.00. The molecule has 4 nitrogen and oxygen atoms in total. The highest BCUT2D eigenvalue weighted by Crippen LogP contribution is 2.19. The molecule has 0 aromatic heterocycles. The van der Waals surface area contributed by atoms with Gasteiger partial charge in [0.05, 0.1) is 6.04 Å². The number of methoxy groups -OCH3 is 2. The van der Waals surface area contributed by atoms with Crippen molar-refractivity contribution in [1.29, 1.82) is 0 Å². The summed E-state index contributed by atoms with van der Waals surface area (Å²) in [5, 5.41) is 0. The van der Waals surface area contributed by atoms with Gasteiger partial charge < -0.3 is 9.47 Å². The van der Waals surface area contributed by atoms with Crippen molar-refractivity contribution in [2.45, 2.75) is 19.3 Å². The average Bonchev–Trinajstić information content (AvgIpc) is 2.27. The molecule has 0 fully saturated rings. The Hall–Kier alpha value is -0.940. The van der Waals surface area contributed by atoms with Gasteiger partial charge in [-0.15, -0.1) is 0 Å². The predicted molar refractivity (Wildman–Crippen MR) is 59.0 cm³/mol. The highest BCUT2D eigenvalue weighted by molar-refractivity contribution is 5.24. The van der Waals surface area contributed by atoms with Gasteiger partial charge in [-0.25, -0.2) is 5.43 Å². The Morgan fingerprint density at radius 3 is 2.07 bits per heavy atom. The van der Waals surface area contributed by atoms with Crippen LogP contribution < -0.4 is 11.3 Å². The number of hydrogen-bond donors (Lipinski definition) is 2. The number of aryl methyl sites for hydroxylation is 1. The molecule has 0 saturated carbocycles. The van der Waals surface area contributed by atoms with Crippen LogP contribution in [0, 0.1) is 6.92 Å². The SMILES string of the molecule is COC(OC)C(NN)c1ccc(C)cc1. The van der Waals surface area contributed by atoms with E-state index in [4.69, 9.17) is 15.3 Å². The molecule has 0 aliphatic heterocycles. The molecule has 0 bridgehead atoms. The van der Waals surface area contributed by atoms with Crippen molar-refractivity contribution in [1.82, 2.24) is 5.43 Å². The first kappa shape index (κ1) is 12.1. The molecule has 0 amide bonds. The lowest BCUT2D eigenvalue weighted by Crippen LogP contribution is -2.38. The van der Waals surface area contributed by atoms with Crippen LogP contribution in [0.4, 0.5) is 0 Å². The van der Waals surface area contributed by atoms with Crippen LogP contribution in [0.5, 0.6) is 0 Å². The molecule has 0 aliphatic carbocycles. The van der Waals surface area contributed by atoms with Crippen LogP contribution in [0.15, 0.2) is 24.3 Å². The van der Waals surface area contributed by atoms with Crippen molar-refractivity contribution >= 4 is 0 Å². The van der Waals surface area contributed by atoms with E-state index in [-0.39, 0.29) is 6.04 Å². The van der Waals surface area contributed by atoms with E-state index in [0.29, 0.717) is 0 Å². The van der Waals surface area contributed by atoms with E-state index in [1.54, 1.807) is 14.2 Å². The van der Waals surface area contributed by atoms with Gasteiger partial charge >= 0.3 is 0 Å². The molecule has 0 radical (unpaired) electrons. The molecule has 15 heavy (non-hydrogen) atoms. The molecular formula is C11H18N2O2. The lowest BCUT2D eigenvalue weighted by Gasteiger charge is -2.24. The van der Waals surface area contributed by atoms with Gasteiger partial charge in [-0.1, -0.05) is 29.8 Å².